The van der Waals surface area contributed by atoms with Crippen LogP contribution in [0.2, 0.25) is 0 Å². The number of rotatable bonds is 5. The van der Waals surface area contributed by atoms with Gasteiger partial charge in [-0.05, 0) is 42.5 Å². The Kier molecular flexibility index (Phi) is 4.53. The number of nitrogens with zero attached hydrogens (tertiary/aromatic N) is 2. The molecular formula is C22H24N4OS. The summed E-state index contributed by atoms with van der Waals surface area (Å²) in [6.07, 6.45) is 4.14. The summed E-state index contributed by atoms with van der Waals surface area (Å²) in [5.41, 5.74) is 9.01. The molecule has 3 N–H and O–H groups in total. The number of thiazole rings is 1. The Morgan fingerprint density at radius 3 is 2.50 bits per heavy atom. The summed E-state index contributed by atoms with van der Waals surface area (Å²) >= 11 is 1.78. The molecule has 6 rings (SSSR count). The molecule has 144 valence electrons. The highest BCUT2D eigenvalue weighted by atomic mass is 32.1. The summed E-state index contributed by atoms with van der Waals surface area (Å²) in [6, 6.07) is 18.2. The zero-order valence-electron chi connectivity index (χ0n) is 15.7. The molecule has 0 radical (unpaired) electrons. The van der Waals surface area contributed by atoms with Crippen LogP contribution < -0.4 is 11.1 Å². The number of aromatic nitrogens is 1. The van der Waals surface area contributed by atoms with Crippen molar-refractivity contribution in [2.24, 2.45) is 5.73 Å². The van der Waals surface area contributed by atoms with E-state index in [4.69, 9.17) is 10.7 Å². The molecule has 3 fully saturated rings. The molecule has 2 saturated heterocycles. The third-order valence-electron chi connectivity index (χ3n) is 6.02. The van der Waals surface area contributed by atoms with Crippen molar-refractivity contribution in [3.8, 4) is 0 Å². The molecule has 1 saturated carbocycles. The van der Waals surface area contributed by atoms with Crippen molar-refractivity contribution in [2.75, 3.05) is 0 Å². The van der Waals surface area contributed by atoms with Gasteiger partial charge in [0.2, 0.25) is 0 Å². The van der Waals surface area contributed by atoms with Crippen LogP contribution in [0, 0.1) is 0 Å². The zero-order chi connectivity index (χ0) is 19.1. The third-order valence-corrected chi connectivity index (χ3v) is 7.06. The maximum Gasteiger partial charge on any atom is 0.312 e. The van der Waals surface area contributed by atoms with E-state index in [0.29, 0.717) is 12.1 Å². The number of hydrogen-bond donors (Lipinski definition) is 2. The lowest BCUT2D eigenvalue weighted by atomic mass is 9.76. The van der Waals surface area contributed by atoms with Crippen molar-refractivity contribution >= 4 is 27.6 Å². The second-order valence-corrected chi connectivity index (χ2v) is 9.08. The molecular weight excluding hydrogens is 368 g/mol. The second kappa shape index (κ2) is 7.18. The maximum atomic E-state index is 11.1. The van der Waals surface area contributed by atoms with Gasteiger partial charge in [-0.1, -0.05) is 36.4 Å². The topological polar surface area (TPSA) is 71.2 Å². The Morgan fingerprint density at radius 1 is 1.07 bits per heavy atom. The Morgan fingerprint density at radius 2 is 1.79 bits per heavy atom. The minimum atomic E-state index is -0.401. The van der Waals surface area contributed by atoms with Gasteiger partial charge in [0.1, 0.15) is 0 Å². The van der Waals surface area contributed by atoms with Gasteiger partial charge in [-0.25, -0.2) is 9.78 Å². The first-order valence-electron chi connectivity index (χ1n) is 9.88. The van der Waals surface area contributed by atoms with E-state index in [1.54, 1.807) is 11.3 Å². The molecule has 3 aromatic rings. The van der Waals surface area contributed by atoms with Crippen molar-refractivity contribution in [1.29, 1.82) is 0 Å². The normalized spacial score (nSPS) is 24.1. The molecule has 1 aromatic heterocycles. The first-order chi connectivity index (χ1) is 13.6. The van der Waals surface area contributed by atoms with Crippen LogP contribution in [0.25, 0.3) is 10.2 Å². The molecule has 2 unspecified atom stereocenters. The van der Waals surface area contributed by atoms with E-state index >= 15 is 0 Å². The van der Waals surface area contributed by atoms with Crippen molar-refractivity contribution < 1.29 is 4.79 Å². The van der Waals surface area contributed by atoms with Crippen LogP contribution in [0.15, 0.2) is 48.5 Å². The number of urea groups is 1. The number of benzene rings is 2. The predicted octanol–water partition coefficient (Wildman–Crippen LogP) is 3.66. The number of primary amides is 1. The Balaban J connectivity index is 1.20. The highest BCUT2D eigenvalue weighted by molar-refractivity contribution is 7.18. The quantitative estimate of drug-likeness (QED) is 0.696. The van der Waals surface area contributed by atoms with Gasteiger partial charge < -0.3 is 11.1 Å². The largest absolute Gasteiger partial charge is 0.352 e. The van der Waals surface area contributed by atoms with Crippen LogP contribution >= 0.6 is 11.3 Å². The number of fused-ring (bicyclic) bond motifs is 3. The third kappa shape index (κ3) is 3.50. The summed E-state index contributed by atoms with van der Waals surface area (Å²) in [5.74, 6) is 0. The minimum absolute atomic E-state index is 0.244. The molecule has 2 atom stereocenters. The monoisotopic (exact) mass is 392 g/mol. The van der Waals surface area contributed by atoms with Gasteiger partial charge in [-0.15, -0.1) is 11.3 Å². The van der Waals surface area contributed by atoms with E-state index in [1.165, 1.54) is 27.3 Å². The first kappa shape index (κ1) is 17.6. The van der Waals surface area contributed by atoms with Gasteiger partial charge in [0.15, 0.2) is 0 Å². The molecule has 3 aliphatic rings. The van der Waals surface area contributed by atoms with Crippen molar-refractivity contribution in [3.63, 3.8) is 0 Å². The lowest BCUT2D eigenvalue weighted by Crippen LogP contribution is -2.64. The van der Waals surface area contributed by atoms with Crippen LogP contribution in [0.5, 0.6) is 0 Å². The number of para-hydroxylation sites is 1. The fourth-order valence-corrected chi connectivity index (χ4v) is 5.68. The Hall–Kier alpha value is -2.44. The Bertz CT molecular complexity index is 954. The highest BCUT2D eigenvalue weighted by Crippen LogP contribution is 2.39. The number of carbonyl (C=O) groups excluding carboxylic acids is 1. The number of carbonyl (C=O) groups is 1. The number of nitrogens with one attached hydrogen (secondary N) is 1. The average Bonchev–Trinajstić information content (AvgIpc) is 3.09. The maximum absolute atomic E-state index is 11.1. The number of hydrogen-bond acceptors (Lipinski definition) is 4. The van der Waals surface area contributed by atoms with Crippen LogP contribution in [0.3, 0.4) is 0 Å². The molecule has 0 spiro atoms. The summed E-state index contributed by atoms with van der Waals surface area (Å²) in [6.45, 7) is 0.986. The smallest absolute Gasteiger partial charge is 0.312 e. The Labute approximate surface area is 168 Å². The summed E-state index contributed by atoms with van der Waals surface area (Å²) < 4.78 is 1.25. The predicted molar refractivity (Wildman–Crippen MR) is 112 cm³/mol. The first-order valence-corrected chi connectivity index (χ1v) is 10.7. The molecule has 6 heteroatoms. The zero-order valence-corrected chi connectivity index (χ0v) is 16.5. The van der Waals surface area contributed by atoms with Crippen molar-refractivity contribution in [2.45, 2.75) is 50.4 Å². The summed E-state index contributed by atoms with van der Waals surface area (Å²) in [4.78, 5) is 18.4. The fraction of sp³-hybridized carbons (Fsp3) is 0.364. The molecule has 1 aliphatic carbocycles. The number of piperidine rings is 1. The molecule has 28 heavy (non-hydrogen) atoms. The van der Waals surface area contributed by atoms with Gasteiger partial charge in [0.05, 0.1) is 15.2 Å². The van der Waals surface area contributed by atoms with Crippen LogP contribution in [0.4, 0.5) is 4.79 Å². The van der Waals surface area contributed by atoms with E-state index in [1.807, 2.05) is 6.07 Å². The van der Waals surface area contributed by atoms with Crippen LogP contribution in [-0.2, 0) is 13.0 Å². The fourth-order valence-electron chi connectivity index (χ4n) is 4.68. The molecule has 5 nitrogen and oxygen atoms in total. The van der Waals surface area contributed by atoms with E-state index in [-0.39, 0.29) is 6.04 Å². The summed E-state index contributed by atoms with van der Waals surface area (Å²) in [7, 11) is 0. The highest BCUT2D eigenvalue weighted by Gasteiger charge is 2.45. The van der Waals surface area contributed by atoms with E-state index in [0.717, 1.165) is 31.3 Å². The van der Waals surface area contributed by atoms with Crippen molar-refractivity contribution in [1.82, 2.24) is 15.2 Å². The molecule has 2 amide bonds. The van der Waals surface area contributed by atoms with Crippen LogP contribution in [-0.4, -0.2) is 34.0 Å². The van der Waals surface area contributed by atoms with Gasteiger partial charge >= 0.3 is 6.03 Å². The molecule has 2 aliphatic heterocycles. The molecule has 2 aromatic carbocycles. The minimum Gasteiger partial charge on any atom is -0.352 e. The number of amides is 2. The average molecular weight is 393 g/mol. The van der Waals surface area contributed by atoms with Gasteiger partial charge in [-0.3, -0.25) is 4.90 Å². The van der Waals surface area contributed by atoms with E-state index in [2.05, 4.69) is 52.7 Å². The number of nitrogens with two attached hydrogens (primary N) is 1. The second-order valence-electron chi connectivity index (χ2n) is 7.96. The molecule has 2 bridgehead atoms. The van der Waals surface area contributed by atoms with Crippen LogP contribution in [0.1, 0.15) is 35.4 Å². The lowest BCUT2D eigenvalue weighted by molar-refractivity contribution is -0.0458. The standard InChI is InChI=1S/C22H24N4OS/c23-22(27)24-16-10-17-12-18(11-16)26(17)13-15-7-5-14(6-8-15)9-21-25-19-3-1-2-4-20(19)28-21/h1-8,16-18H,9-13H2,(H3,23,24,27). The molecule has 3 heterocycles. The van der Waals surface area contributed by atoms with Gasteiger partial charge in [-0.2, -0.15) is 0 Å². The summed E-state index contributed by atoms with van der Waals surface area (Å²) in [5, 5.41) is 4.04. The van der Waals surface area contributed by atoms with E-state index < -0.39 is 6.03 Å². The van der Waals surface area contributed by atoms with Gasteiger partial charge in [0.25, 0.3) is 0 Å². The SMILES string of the molecule is NC(=O)NC1CC2CC(C1)N2Cc1ccc(Cc2nc3ccccc3s2)cc1. The van der Waals surface area contributed by atoms with E-state index in [9.17, 15) is 4.79 Å². The van der Waals surface area contributed by atoms with Crippen molar-refractivity contribution in [3.05, 3.63) is 64.7 Å². The van der Waals surface area contributed by atoms with Gasteiger partial charge in [0, 0.05) is 31.1 Å². The lowest BCUT2D eigenvalue weighted by Gasteiger charge is -2.55.